The van der Waals surface area contributed by atoms with Crippen LogP contribution in [0.25, 0.3) is 11.0 Å². The minimum atomic E-state index is -0.154. The molecule has 0 fully saturated rings. The number of carbonyl (C=O) groups is 1. The average molecular weight is 395 g/mol. The molecule has 5 nitrogen and oxygen atoms in total. The van der Waals surface area contributed by atoms with Crippen molar-refractivity contribution in [1.82, 2.24) is 14.9 Å². The van der Waals surface area contributed by atoms with Crippen molar-refractivity contribution in [3.63, 3.8) is 0 Å². The molecule has 1 aromatic heterocycles. The standard InChI is InChI=1S/C19H22N4O.2ClH/c1-14(10-20)19(24)21-11-15-6-8-16(9-7-15)12-23-13-22-17-4-2-3-5-18(17)23;;/h2-9,13-14H,10-12,20H2,1H3,(H,21,24);2*1H. The summed E-state index contributed by atoms with van der Waals surface area (Å²) in [5.74, 6) is -0.162. The number of hydrogen-bond acceptors (Lipinski definition) is 3. The normalized spacial score (nSPS) is 11.3. The summed E-state index contributed by atoms with van der Waals surface area (Å²) in [5, 5.41) is 2.90. The van der Waals surface area contributed by atoms with Gasteiger partial charge in [-0.05, 0) is 23.3 Å². The highest BCUT2D eigenvalue weighted by Gasteiger charge is 2.09. The molecule has 0 saturated carbocycles. The number of amides is 1. The second-order valence-electron chi connectivity index (χ2n) is 6.03. The van der Waals surface area contributed by atoms with Crippen LogP contribution in [0.4, 0.5) is 0 Å². The highest BCUT2D eigenvalue weighted by atomic mass is 35.5. The third-order valence-corrected chi connectivity index (χ3v) is 4.17. The highest BCUT2D eigenvalue weighted by Crippen LogP contribution is 2.14. The van der Waals surface area contributed by atoms with Crippen LogP contribution in [0.2, 0.25) is 0 Å². The van der Waals surface area contributed by atoms with Crippen LogP contribution in [0.3, 0.4) is 0 Å². The fourth-order valence-electron chi connectivity index (χ4n) is 2.57. The highest BCUT2D eigenvalue weighted by molar-refractivity contribution is 5.85. The molecule has 1 amide bonds. The molecule has 1 heterocycles. The van der Waals surface area contributed by atoms with Gasteiger partial charge in [-0.25, -0.2) is 4.98 Å². The van der Waals surface area contributed by atoms with Gasteiger partial charge in [-0.2, -0.15) is 0 Å². The molecule has 0 spiro atoms. The Labute approximate surface area is 165 Å². The molecule has 3 rings (SSSR count). The summed E-state index contributed by atoms with van der Waals surface area (Å²) in [7, 11) is 0. The lowest BCUT2D eigenvalue weighted by molar-refractivity contribution is -0.124. The largest absolute Gasteiger partial charge is 0.352 e. The van der Waals surface area contributed by atoms with Crippen LogP contribution in [0.5, 0.6) is 0 Å². The molecule has 3 N–H and O–H groups in total. The summed E-state index contributed by atoms with van der Waals surface area (Å²) in [6.07, 6.45) is 1.87. The van der Waals surface area contributed by atoms with Crippen molar-refractivity contribution in [1.29, 1.82) is 0 Å². The van der Waals surface area contributed by atoms with Gasteiger partial charge in [-0.1, -0.05) is 43.3 Å². The van der Waals surface area contributed by atoms with Crippen molar-refractivity contribution < 1.29 is 4.79 Å². The Morgan fingerprint density at radius 3 is 2.46 bits per heavy atom. The van der Waals surface area contributed by atoms with Crippen LogP contribution in [0.1, 0.15) is 18.1 Å². The first-order chi connectivity index (χ1) is 11.7. The first kappa shape index (κ1) is 22.0. The van der Waals surface area contributed by atoms with E-state index in [1.807, 2.05) is 43.6 Å². The van der Waals surface area contributed by atoms with E-state index in [1.165, 1.54) is 5.56 Å². The molecule has 2 aromatic carbocycles. The molecule has 1 unspecified atom stereocenters. The number of imidazole rings is 1. The summed E-state index contributed by atoms with van der Waals surface area (Å²) in [6, 6.07) is 16.4. The number of benzene rings is 2. The van der Waals surface area contributed by atoms with Gasteiger partial charge in [0.2, 0.25) is 5.91 Å². The molecule has 0 aliphatic carbocycles. The Morgan fingerprint density at radius 1 is 1.12 bits per heavy atom. The van der Waals surface area contributed by atoms with E-state index in [1.54, 1.807) is 0 Å². The van der Waals surface area contributed by atoms with E-state index in [2.05, 4.69) is 33.1 Å². The minimum absolute atomic E-state index is 0. The van der Waals surface area contributed by atoms with E-state index in [4.69, 9.17) is 5.73 Å². The molecular weight excluding hydrogens is 371 g/mol. The zero-order valence-electron chi connectivity index (χ0n) is 14.6. The topological polar surface area (TPSA) is 72.9 Å². The predicted molar refractivity (Wildman–Crippen MR) is 110 cm³/mol. The van der Waals surface area contributed by atoms with Crippen LogP contribution in [-0.4, -0.2) is 22.0 Å². The molecule has 1 atom stereocenters. The van der Waals surface area contributed by atoms with Crippen molar-refractivity contribution in [3.8, 4) is 0 Å². The third kappa shape index (κ3) is 5.21. The first-order valence-corrected chi connectivity index (χ1v) is 8.13. The van der Waals surface area contributed by atoms with Crippen LogP contribution in [-0.2, 0) is 17.9 Å². The quantitative estimate of drug-likeness (QED) is 0.674. The number of nitrogens with two attached hydrogens (primary N) is 1. The Morgan fingerprint density at radius 2 is 1.77 bits per heavy atom. The minimum Gasteiger partial charge on any atom is -0.352 e. The molecule has 7 heteroatoms. The van der Waals surface area contributed by atoms with Crippen molar-refractivity contribution in [3.05, 3.63) is 66.0 Å². The lowest BCUT2D eigenvalue weighted by Crippen LogP contribution is -2.32. The SMILES string of the molecule is CC(CN)C(=O)NCc1ccc(Cn2cnc3ccccc32)cc1.Cl.Cl. The van der Waals surface area contributed by atoms with Crippen LogP contribution in [0.15, 0.2) is 54.9 Å². The van der Waals surface area contributed by atoms with E-state index in [0.29, 0.717) is 13.1 Å². The summed E-state index contributed by atoms with van der Waals surface area (Å²) < 4.78 is 2.13. The van der Waals surface area contributed by atoms with Crippen LogP contribution in [0, 0.1) is 5.92 Å². The summed E-state index contributed by atoms with van der Waals surface area (Å²) in [5.41, 5.74) is 9.91. The number of para-hydroxylation sites is 2. The number of nitrogens with one attached hydrogen (secondary N) is 1. The summed E-state index contributed by atoms with van der Waals surface area (Å²) in [6.45, 7) is 3.49. The van der Waals surface area contributed by atoms with Crippen LogP contribution < -0.4 is 11.1 Å². The summed E-state index contributed by atoms with van der Waals surface area (Å²) >= 11 is 0. The Balaban J connectivity index is 0.00000169. The molecule has 0 bridgehead atoms. The Hall–Kier alpha value is -2.08. The number of hydrogen-bond donors (Lipinski definition) is 2. The molecule has 0 aliphatic rings. The Kier molecular flexibility index (Phi) is 8.58. The van der Waals surface area contributed by atoms with Gasteiger partial charge in [-0.3, -0.25) is 4.79 Å². The lowest BCUT2D eigenvalue weighted by Gasteiger charge is -2.10. The number of halogens is 2. The molecular formula is C19H24Cl2N4O. The van der Waals surface area contributed by atoms with Gasteiger partial charge in [0.05, 0.1) is 17.4 Å². The number of fused-ring (bicyclic) bond motifs is 1. The fourth-order valence-corrected chi connectivity index (χ4v) is 2.57. The average Bonchev–Trinajstić information content (AvgIpc) is 3.03. The van der Waals surface area contributed by atoms with Gasteiger partial charge in [0.15, 0.2) is 0 Å². The maximum Gasteiger partial charge on any atom is 0.224 e. The zero-order chi connectivity index (χ0) is 16.9. The smallest absolute Gasteiger partial charge is 0.224 e. The zero-order valence-corrected chi connectivity index (χ0v) is 16.2. The predicted octanol–water partition coefficient (Wildman–Crippen LogP) is 3.14. The molecule has 0 radical (unpaired) electrons. The number of rotatable bonds is 6. The van der Waals surface area contributed by atoms with Gasteiger partial charge in [-0.15, -0.1) is 24.8 Å². The monoisotopic (exact) mass is 394 g/mol. The number of nitrogens with zero attached hydrogens (tertiary/aromatic N) is 2. The summed E-state index contributed by atoms with van der Waals surface area (Å²) in [4.78, 5) is 16.2. The maximum absolute atomic E-state index is 11.7. The second-order valence-corrected chi connectivity index (χ2v) is 6.03. The van der Waals surface area contributed by atoms with Gasteiger partial charge in [0, 0.05) is 25.6 Å². The Bertz CT molecular complexity index is 833. The van der Waals surface area contributed by atoms with E-state index in [-0.39, 0.29) is 36.6 Å². The van der Waals surface area contributed by atoms with Crippen molar-refractivity contribution >= 4 is 41.8 Å². The van der Waals surface area contributed by atoms with E-state index < -0.39 is 0 Å². The molecule has 0 saturated heterocycles. The van der Waals surface area contributed by atoms with Gasteiger partial charge >= 0.3 is 0 Å². The van der Waals surface area contributed by atoms with Crippen molar-refractivity contribution in [2.75, 3.05) is 6.54 Å². The molecule has 3 aromatic rings. The van der Waals surface area contributed by atoms with Gasteiger partial charge < -0.3 is 15.6 Å². The number of carbonyl (C=O) groups excluding carboxylic acids is 1. The molecule has 140 valence electrons. The van der Waals surface area contributed by atoms with Crippen LogP contribution >= 0.6 is 24.8 Å². The van der Waals surface area contributed by atoms with Gasteiger partial charge in [0.25, 0.3) is 0 Å². The molecule has 26 heavy (non-hydrogen) atoms. The first-order valence-electron chi connectivity index (χ1n) is 8.13. The third-order valence-electron chi connectivity index (χ3n) is 4.17. The van der Waals surface area contributed by atoms with Crippen molar-refractivity contribution in [2.24, 2.45) is 11.7 Å². The van der Waals surface area contributed by atoms with E-state index in [0.717, 1.165) is 23.1 Å². The fraction of sp³-hybridized carbons (Fsp3) is 0.263. The maximum atomic E-state index is 11.7. The molecule has 0 aliphatic heterocycles. The number of aromatic nitrogens is 2. The van der Waals surface area contributed by atoms with E-state index in [9.17, 15) is 4.79 Å². The van der Waals surface area contributed by atoms with Gasteiger partial charge in [0.1, 0.15) is 0 Å². The van der Waals surface area contributed by atoms with E-state index >= 15 is 0 Å². The second kappa shape index (κ2) is 10.2. The van der Waals surface area contributed by atoms with Crippen molar-refractivity contribution in [2.45, 2.75) is 20.0 Å². The lowest BCUT2D eigenvalue weighted by atomic mass is 10.1.